The maximum Gasteiger partial charge on any atom is 0.273 e. The molecule has 0 heterocycles. The standard InChI is InChI=1S/C15H18N2O2/c18-14(13-9-5-2-6-10-13)15(19)17-16-11-12-7-3-1-4-8-12/h1-3,5-6,9-12,14,18H,4,7-8H2,(H,17,19). The molecule has 0 radical (unpaired) electrons. The van der Waals surface area contributed by atoms with Crippen molar-refractivity contribution in [3.63, 3.8) is 0 Å². The molecule has 0 aliphatic heterocycles. The molecule has 2 rings (SSSR count). The van der Waals surface area contributed by atoms with Crippen molar-refractivity contribution in [1.82, 2.24) is 5.43 Å². The molecule has 2 unspecified atom stereocenters. The van der Waals surface area contributed by atoms with E-state index in [9.17, 15) is 9.90 Å². The fourth-order valence-corrected chi connectivity index (χ4v) is 2.01. The third-order valence-electron chi connectivity index (χ3n) is 3.13. The van der Waals surface area contributed by atoms with Gasteiger partial charge in [0.1, 0.15) is 0 Å². The monoisotopic (exact) mass is 258 g/mol. The molecule has 19 heavy (non-hydrogen) atoms. The second-order valence-electron chi connectivity index (χ2n) is 4.61. The molecule has 2 atom stereocenters. The summed E-state index contributed by atoms with van der Waals surface area (Å²) in [4.78, 5) is 11.7. The Morgan fingerprint density at radius 2 is 2.16 bits per heavy atom. The van der Waals surface area contributed by atoms with Crippen molar-refractivity contribution in [3.05, 3.63) is 48.0 Å². The van der Waals surface area contributed by atoms with Gasteiger partial charge in [0.25, 0.3) is 5.91 Å². The topological polar surface area (TPSA) is 61.7 Å². The van der Waals surface area contributed by atoms with Gasteiger partial charge in [-0.05, 0) is 30.7 Å². The van der Waals surface area contributed by atoms with Crippen LogP contribution in [0.15, 0.2) is 47.6 Å². The van der Waals surface area contributed by atoms with E-state index in [2.05, 4.69) is 22.7 Å². The van der Waals surface area contributed by atoms with Crippen LogP contribution in [-0.4, -0.2) is 17.2 Å². The fourth-order valence-electron chi connectivity index (χ4n) is 2.01. The number of hydrogen-bond donors (Lipinski definition) is 2. The third kappa shape index (κ3) is 4.03. The summed E-state index contributed by atoms with van der Waals surface area (Å²) in [5.74, 6) is -0.132. The number of aliphatic hydroxyl groups is 1. The lowest BCUT2D eigenvalue weighted by molar-refractivity contribution is -0.129. The average Bonchev–Trinajstić information content (AvgIpc) is 2.48. The van der Waals surface area contributed by atoms with Gasteiger partial charge < -0.3 is 5.11 Å². The van der Waals surface area contributed by atoms with Crippen molar-refractivity contribution >= 4 is 12.1 Å². The van der Waals surface area contributed by atoms with Crippen LogP contribution in [0.2, 0.25) is 0 Å². The Balaban J connectivity index is 1.84. The molecule has 0 aromatic heterocycles. The van der Waals surface area contributed by atoms with Crippen LogP contribution in [0.1, 0.15) is 30.9 Å². The van der Waals surface area contributed by atoms with Crippen molar-refractivity contribution < 1.29 is 9.90 Å². The highest BCUT2D eigenvalue weighted by Gasteiger charge is 2.16. The van der Waals surface area contributed by atoms with Crippen molar-refractivity contribution in [3.8, 4) is 0 Å². The van der Waals surface area contributed by atoms with E-state index in [1.54, 1.807) is 30.5 Å². The van der Waals surface area contributed by atoms with Crippen molar-refractivity contribution in [2.45, 2.75) is 25.4 Å². The molecule has 0 fully saturated rings. The lowest BCUT2D eigenvalue weighted by Crippen LogP contribution is -2.25. The largest absolute Gasteiger partial charge is 0.378 e. The van der Waals surface area contributed by atoms with E-state index in [0.717, 1.165) is 19.3 Å². The number of aliphatic hydroxyl groups excluding tert-OH is 1. The van der Waals surface area contributed by atoms with Crippen molar-refractivity contribution in [2.24, 2.45) is 11.0 Å². The first-order valence-electron chi connectivity index (χ1n) is 6.48. The zero-order chi connectivity index (χ0) is 13.5. The quantitative estimate of drug-likeness (QED) is 0.494. The zero-order valence-electron chi connectivity index (χ0n) is 10.7. The summed E-state index contributed by atoms with van der Waals surface area (Å²) in [5, 5.41) is 13.8. The van der Waals surface area contributed by atoms with Gasteiger partial charge in [0, 0.05) is 6.21 Å². The Hall–Kier alpha value is -1.94. The maximum atomic E-state index is 11.7. The molecule has 2 N–H and O–H groups in total. The Bertz CT molecular complexity index is 468. The number of hydrogen-bond acceptors (Lipinski definition) is 3. The van der Waals surface area contributed by atoms with Crippen LogP contribution in [0.5, 0.6) is 0 Å². The number of allylic oxidation sites excluding steroid dienone is 2. The highest BCUT2D eigenvalue weighted by atomic mass is 16.3. The number of carbonyl (C=O) groups is 1. The van der Waals surface area contributed by atoms with E-state index in [1.807, 2.05) is 6.07 Å². The molecular weight excluding hydrogens is 240 g/mol. The van der Waals surface area contributed by atoms with E-state index < -0.39 is 12.0 Å². The normalized spacial score (nSPS) is 20.4. The maximum absolute atomic E-state index is 11.7. The van der Waals surface area contributed by atoms with Crippen LogP contribution in [0.3, 0.4) is 0 Å². The highest BCUT2D eigenvalue weighted by molar-refractivity contribution is 5.82. The van der Waals surface area contributed by atoms with Gasteiger partial charge in [-0.2, -0.15) is 5.10 Å². The Labute approximate surface area is 112 Å². The number of hydrazone groups is 1. The lowest BCUT2D eigenvalue weighted by Gasteiger charge is -2.12. The number of nitrogens with one attached hydrogen (secondary N) is 1. The molecule has 1 amide bonds. The molecular formula is C15H18N2O2. The van der Waals surface area contributed by atoms with Gasteiger partial charge in [-0.25, -0.2) is 5.43 Å². The zero-order valence-corrected chi connectivity index (χ0v) is 10.7. The second kappa shape index (κ2) is 6.85. The lowest BCUT2D eigenvalue weighted by atomic mass is 9.96. The molecule has 1 aromatic rings. The van der Waals surface area contributed by atoms with Crippen LogP contribution in [-0.2, 0) is 4.79 Å². The Kier molecular flexibility index (Phi) is 4.86. The van der Waals surface area contributed by atoms with Crippen LogP contribution in [0.4, 0.5) is 0 Å². The molecule has 1 aliphatic carbocycles. The molecule has 4 heteroatoms. The van der Waals surface area contributed by atoms with Crippen molar-refractivity contribution in [2.75, 3.05) is 0 Å². The summed E-state index contributed by atoms with van der Waals surface area (Å²) in [6, 6.07) is 8.82. The van der Waals surface area contributed by atoms with E-state index in [-0.39, 0.29) is 0 Å². The molecule has 0 spiro atoms. The minimum atomic E-state index is -1.18. The first-order chi connectivity index (χ1) is 9.27. The summed E-state index contributed by atoms with van der Waals surface area (Å²) in [6.45, 7) is 0. The van der Waals surface area contributed by atoms with Gasteiger partial charge in [-0.1, -0.05) is 42.5 Å². The minimum Gasteiger partial charge on any atom is -0.378 e. The highest BCUT2D eigenvalue weighted by Crippen LogP contribution is 2.16. The third-order valence-corrected chi connectivity index (χ3v) is 3.13. The molecule has 4 nitrogen and oxygen atoms in total. The Morgan fingerprint density at radius 3 is 2.84 bits per heavy atom. The number of nitrogens with zero attached hydrogens (tertiary/aromatic N) is 1. The SMILES string of the molecule is O=C(NN=CC1CC=CCC1)C(O)c1ccccc1. The molecule has 1 aromatic carbocycles. The van der Waals surface area contributed by atoms with Gasteiger partial charge in [-0.3, -0.25) is 4.79 Å². The molecule has 0 saturated carbocycles. The Morgan fingerprint density at radius 1 is 1.37 bits per heavy atom. The minimum absolute atomic E-state index is 0.374. The number of amides is 1. The van der Waals surface area contributed by atoms with Gasteiger partial charge in [0.2, 0.25) is 0 Å². The summed E-state index contributed by atoms with van der Waals surface area (Å²) in [7, 11) is 0. The van der Waals surface area contributed by atoms with Gasteiger partial charge in [0.05, 0.1) is 0 Å². The van der Waals surface area contributed by atoms with Crippen molar-refractivity contribution in [1.29, 1.82) is 0 Å². The van der Waals surface area contributed by atoms with Crippen LogP contribution in [0, 0.1) is 5.92 Å². The summed E-state index contributed by atoms with van der Waals surface area (Å²) >= 11 is 0. The molecule has 100 valence electrons. The van der Waals surface area contributed by atoms with Gasteiger partial charge in [0.15, 0.2) is 6.10 Å². The second-order valence-corrected chi connectivity index (χ2v) is 4.61. The summed E-state index contributed by atoms with van der Waals surface area (Å²) < 4.78 is 0. The molecule has 0 saturated heterocycles. The first kappa shape index (κ1) is 13.5. The number of rotatable bonds is 4. The smallest absolute Gasteiger partial charge is 0.273 e. The average molecular weight is 258 g/mol. The molecule has 0 bridgehead atoms. The fraction of sp³-hybridized carbons (Fsp3) is 0.333. The summed E-state index contributed by atoms with van der Waals surface area (Å²) in [6.07, 6.45) is 7.92. The predicted molar refractivity (Wildman–Crippen MR) is 74.5 cm³/mol. The number of benzene rings is 1. The van der Waals surface area contributed by atoms with E-state index in [1.165, 1.54) is 0 Å². The van der Waals surface area contributed by atoms with E-state index in [4.69, 9.17) is 0 Å². The predicted octanol–water partition coefficient (Wildman–Crippen LogP) is 2.18. The summed E-state index contributed by atoms with van der Waals surface area (Å²) in [5.41, 5.74) is 2.95. The van der Waals surface area contributed by atoms with Crippen LogP contribution in [0.25, 0.3) is 0 Å². The van der Waals surface area contributed by atoms with Gasteiger partial charge >= 0.3 is 0 Å². The van der Waals surface area contributed by atoms with Crippen LogP contribution >= 0.6 is 0 Å². The van der Waals surface area contributed by atoms with E-state index >= 15 is 0 Å². The van der Waals surface area contributed by atoms with E-state index in [0.29, 0.717) is 11.5 Å². The number of carbonyl (C=O) groups excluding carboxylic acids is 1. The molecule has 1 aliphatic rings. The van der Waals surface area contributed by atoms with Gasteiger partial charge in [-0.15, -0.1) is 0 Å². The first-order valence-corrected chi connectivity index (χ1v) is 6.48. The van der Waals surface area contributed by atoms with Crippen LogP contribution < -0.4 is 5.43 Å².